The molecule has 1 aromatic carbocycles. The number of fused-ring (bicyclic) bond motifs is 1. The molecule has 2 heteroatoms. The lowest BCUT2D eigenvalue weighted by molar-refractivity contribution is 0.943. The molecule has 0 unspecified atom stereocenters. The highest BCUT2D eigenvalue weighted by atomic mass is 79.9. The van der Waals surface area contributed by atoms with Crippen LogP contribution >= 0.6 is 15.9 Å². The van der Waals surface area contributed by atoms with Crippen molar-refractivity contribution in [1.29, 1.82) is 0 Å². The summed E-state index contributed by atoms with van der Waals surface area (Å²) in [5.41, 5.74) is 3.82. The second-order valence-corrected chi connectivity index (χ2v) is 3.26. The van der Waals surface area contributed by atoms with Gasteiger partial charge in [-0.05, 0) is 18.1 Å². The summed E-state index contributed by atoms with van der Waals surface area (Å²) in [4.78, 5) is 2.34. The van der Waals surface area contributed by atoms with E-state index in [1.54, 1.807) is 0 Å². The Labute approximate surface area is 75.1 Å². The van der Waals surface area contributed by atoms with E-state index in [1.165, 1.54) is 17.7 Å². The second-order valence-electron chi connectivity index (χ2n) is 2.76. The van der Waals surface area contributed by atoms with E-state index < -0.39 is 0 Å². The molecule has 0 fully saturated rings. The minimum Gasteiger partial charge on any atom is -0.361 e. The molecule has 0 aliphatic carbocycles. The van der Waals surface area contributed by atoms with Crippen molar-refractivity contribution >= 4 is 21.6 Å². The molecule has 58 valence electrons. The van der Waals surface area contributed by atoms with Crippen LogP contribution in [0.3, 0.4) is 0 Å². The van der Waals surface area contributed by atoms with E-state index in [4.69, 9.17) is 0 Å². The maximum atomic E-state index is 3.47. The predicted molar refractivity (Wildman–Crippen MR) is 51.3 cm³/mol. The summed E-state index contributed by atoms with van der Waals surface area (Å²) < 4.78 is 0. The van der Waals surface area contributed by atoms with E-state index in [-0.39, 0.29) is 0 Å². The Bertz CT molecular complexity index is 259. The first kappa shape index (κ1) is 7.17. The van der Waals surface area contributed by atoms with Gasteiger partial charge in [-0.3, -0.25) is 0 Å². The molecule has 0 bridgehead atoms. The summed E-state index contributed by atoms with van der Waals surface area (Å²) in [5, 5.41) is 0. The molecule has 0 saturated heterocycles. The van der Waals surface area contributed by atoms with Crippen molar-refractivity contribution in [2.75, 3.05) is 16.9 Å². The Morgan fingerprint density at radius 2 is 2.18 bits per heavy atom. The number of benzene rings is 1. The first-order valence-electron chi connectivity index (χ1n) is 3.80. The van der Waals surface area contributed by atoms with Gasteiger partial charge in [0.2, 0.25) is 0 Å². The van der Waals surface area contributed by atoms with E-state index >= 15 is 0 Å². The fourth-order valence-corrected chi connectivity index (χ4v) is 2.05. The molecule has 0 N–H and O–H groups in total. The second kappa shape index (κ2) is 2.86. The third-order valence-corrected chi connectivity index (χ3v) is 2.73. The highest BCUT2D eigenvalue weighted by Gasteiger charge is 2.15. The number of rotatable bonds is 1. The van der Waals surface area contributed by atoms with Crippen molar-refractivity contribution in [2.24, 2.45) is 0 Å². The quantitative estimate of drug-likeness (QED) is 0.510. The number of hydrogen-bond donors (Lipinski definition) is 0. The summed E-state index contributed by atoms with van der Waals surface area (Å²) in [7, 11) is 0. The Balaban J connectivity index is 2.39. The molecule has 0 aromatic heterocycles. The van der Waals surface area contributed by atoms with Crippen molar-refractivity contribution in [3.8, 4) is 0 Å². The van der Waals surface area contributed by atoms with Gasteiger partial charge in [0, 0.05) is 12.2 Å². The van der Waals surface area contributed by atoms with Crippen LogP contribution in [0, 0.1) is 0 Å². The molecular formula is C9H10BrN. The van der Waals surface area contributed by atoms with Gasteiger partial charge in [-0.2, -0.15) is 0 Å². The maximum absolute atomic E-state index is 3.47. The summed E-state index contributed by atoms with van der Waals surface area (Å²) in [5.74, 6) is 0. The number of nitrogens with zero attached hydrogens (tertiary/aromatic N) is 1. The van der Waals surface area contributed by atoms with Crippen LogP contribution in [0.1, 0.15) is 5.56 Å². The Hall–Kier alpha value is -0.500. The van der Waals surface area contributed by atoms with Crippen molar-refractivity contribution in [3.63, 3.8) is 0 Å². The zero-order valence-electron chi connectivity index (χ0n) is 6.26. The summed E-state index contributed by atoms with van der Waals surface area (Å²) in [6.07, 6.45) is 1.20. The van der Waals surface area contributed by atoms with Crippen molar-refractivity contribution in [2.45, 2.75) is 6.42 Å². The maximum Gasteiger partial charge on any atom is 0.0736 e. The van der Waals surface area contributed by atoms with E-state index in [9.17, 15) is 0 Å². The molecule has 0 radical (unpaired) electrons. The number of alkyl halides is 1. The van der Waals surface area contributed by atoms with Gasteiger partial charge in [0.25, 0.3) is 0 Å². The first-order valence-corrected chi connectivity index (χ1v) is 4.93. The van der Waals surface area contributed by atoms with Crippen LogP contribution in [0.15, 0.2) is 24.3 Å². The molecule has 11 heavy (non-hydrogen) atoms. The topological polar surface area (TPSA) is 3.24 Å². The SMILES string of the molecule is BrCN1CCc2ccccc21. The molecule has 1 aliphatic heterocycles. The molecule has 2 rings (SSSR count). The third-order valence-electron chi connectivity index (χ3n) is 2.13. The summed E-state index contributed by atoms with van der Waals surface area (Å²) in [6, 6.07) is 8.60. The number of para-hydroxylation sites is 1. The number of anilines is 1. The van der Waals surface area contributed by atoms with E-state index in [0.717, 1.165) is 12.0 Å². The van der Waals surface area contributed by atoms with Crippen LogP contribution < -0.4 is 4.90 Å². The molecule has 0 atom stereocenters. The molecule has 1 heterocycles. The van der Waals surface area contributed by atoms with Crippen molar-refractivity contribution in [1.82, 2.24) is 0 Å². The fourth-order valence-electron chi connectivity index (χ4n) is 1.53. The average Bonchev–Trinajstić information content (AvgIpc) is 2.47. The van der Waals surface area contributed by atoms with Gasteiger partial charge in [0.15, 0.2) is 0 Å². The van der Waals surface area contributed by atoms with Crippen LogP contribution in [-0.2, 0) is 6.42 Å². The monoisotopic (exact) mass is 211 g/mol. The molecule has 1 nitrogen and oxygen atoms in total. The largest absolute Gasteiger partial charge is 0.361 e. The van der Waals surface area contributed by atoms with Crippen LogP contribution in [0.5, 0.6) is 0 Å². The van der Waals surface area contributed by atoms with Gasteiger partial charge in [0.05, 0.1) is 5.45 Å². The highest BCUT2D eigenvalue weighted by Crippen LogP contribution is 2.27. The molecule has 1 aliphatic rings. The van der Waals surface area contributed by atoms with Crippen LogP contribution in [0.4, 0.5) is 5.69 Å². The lowest BCUT2D eigenvalue weighted by Gasteiger charge is -2.14. The van der Waals surface area contributed by atoms with Gasteiger partial charge < -0.3 is 4.90 Å². The molecular weight excluding hydrogens is 202 g/mol. The van der Waals surface area contributed by atoms with E-state index in [2.05, 4.69) is 45.1 Å². The van der Waals surface area contributed by atoms with Gasteiger partial charge in [-0.1, -0.05) is 34.1 Å². The Kier molecular flexibility index (Phi) is 1.86. The van der Waals surface area contributed by atoms with Gasteiger partial charge >= 0.3 is 0 Å². The zero-order chi connectivity index (χ0) is 7.68. The fraction of sp³-hybridized carbons (Fsp3) is 0.333. The lowest BCUT2D eigenvalue weighted by atomic mass is 10.2. The summed E-state index contributed by atoms with van der Waals surface area (Å²) >= 11 is 3.47. The molecule has 0 saturated carbocycles. The minimum atomic E-state index is 0.948. The Morgan fingerprint density at radius 1 is 1.36 bits per heavy atom. The third kappa shape index (κ3) is 1.16. The predicted octanol–water partition coefficient (Wildman–Crippen LogP) is 2.40. The van der Waals surface area contributed by atoms with Crippen molar-refractivity contribution in [3.05, 3.63) is 29.8 Å². The van der Waals surface area contributed by atoms with Gasteiger partial charge in [-0.25, -0.2) is 0 Å². The van der Waals surface area contributed by atoms with E-state index in [1.807, 2.05) is 0 Å². The standard InChI is InChI=1S/C9H10BrN/c10-7-11-6-5-8-3-1-2-4-9(8)11/h1-4H,5-7H2. The van der Waals surface area contributed by atoms with Crippen LogP contribution in [0.25, 0.3) is 0 Å². The van der Waals surface area contributed by atoms with Gasteiger partial charge in [0.1, 0.15) is 0 Å². The zero-order valence-corrected chi connectivity index (χ0v) is 7.84. The number of hydrogen-bond acceptors (Lipinski definition) is 1. The lowest BCUT2D eigenvalue weighted by Crippen LogP contribution is -2.17. The first-order chi connectivity index (χ1) is 5.42. The molecule has 1 aromatic rings. The number of halogens is 1. The summed E-state index contributed by atoms with van der Waals surface area (Å²) in [6.45, 7) is 1.16. The van der Waals surface area contributed by atoms with Gasteiger partial charge in [-0.15, -0.1) is 0 Å². The van der Waals surface area contributed by atoms with Crippen molar-refractivity contribution < 1.29 is 0 Å². The van der Waals surface area contributed by atoms with Crippen LogP contribution in [-0.4, -0.2) is 12.0 Å². The van der Waals surface area contributed by atoms with Crippen LogP contribution in [0.2, 0.25) is 0 Å². The average molecular weight is 212 g/mol. The van der Waals surface area contributed by atoms with E-state index in [0.29, 0.717) is 0 Å². The molecule has 0 spiro atoms. The smallest absolute Gasteiger partial charge is 0.0736 e. The Morgan fingerprint density at radius 3 is 3.00 bits per heavy atom. The highest BCUT2D eigenvalue weighted by molar-refractivity contribution is 9.09. The normalized spacial score (nSPS) is 15.2. The minimum absolute atomic E-state index is 0.948. The molecule has 0 amide bonds.